The Morgan fingerprint density at radius 1 is 1.29 bits per heavy atom. The largest absolute Gasteiger partial charge is 0.387 e. The summed E-state index contributed by atoms with van der Waals surface area (Å²) in [5.41, 5.74) is 1.61. The molecule has 0 aromatic heterocycles. The monoisotopic (exact) mass is 250 g/mol. The minimum absolute atomic E-state index is 0.0341. The Kier molecular flexibility index (Phi) is 4.31. The number of rotatable bonds is 3. The van der Waals surface area contributed by atoms with Crippen molar-refractivity contribution in [2.45, 2.75) is 18.9 Å². The number of carbonyl (C=O) groups is 1. The standard InChI is InChI=1S/C13H18N2OS/c1-14-12-5-3-2-4-11(12)13(16)15-10-6-8-17-9-7-10/h2-5,10,14H,6-9H2,1H3,(H,15,16). The molecule has 3 nitrogen and oxygen atoms in total. The van der Waals surface area contributed by atoms with Crippen molar-refractivity contribution in [1.29, 1.82) is 0 Å². The molecule has 0 bridgehead atoms. The van der Waals surface area contributed by atoms with Crippen molar-refractivity contribution in [2.75, 3.05) is 23.9 Å². The van der Waals surface area contributed by atoms with Crippen molar-refractivity contribution in [3.63, 3.8) is 0 Å². The summed E-state index contributed by atoms with van der Waals surface area (Å²) in [6, 6.07) is 7.95. The summed E-state index contributed by atoms with van der Waals surface area (Å²) in [5, 5.41) is 6.17. The molecule has 0 radical (unpaired) electrons. The lowest BCUT2D eigenvalue weighted by Gasteiger charge is -2.23. The van der Waals surface area contributed by atoms with Gasteiger partial charge in [-0.05, 0) is 36.5 Å². The number of nitrogens with one attached hydrogen (secondary N) is 2. The second kappa shape index (κ2) is 5.96. The van der Waals surface area contributed by atoms with Gasteiger partial charge in [0, 0.05) is 18.8 Å². The van der Waals surface area contributed by atoms with Crippen molar-refractivity contribution in [1.82, 2.24) is 5.32 Å². The lowest BCUT2D eigenvalue weighted by Crippen LogP contribution is -2.37. The molecule has 0 saturated carbocycles. The molecule has 4 heteroatoms. The van der Waals surface area contributed by atoms with E-state index in [9.17, 15) is 4.79 Å². The van der Waals surface area contributed by atoms with E-state index in [4.69, 9.17) is 0 Å². The summed E-state index contributed by atoms with van der Waals surface area (Å²) in [7, 11) is 1.84. The van der Waals surface area contributed by atoms with Crippen molar-refractivity contribution >= 4 is 23.4 Å². The van der Waals surface area contributed by atoms with Crippen LogP contribution in [-0.2, 0) is 0 Å². The van der Waals surface area contributed by atoms with Gasteiger partial charge in [-0.1, -0.05) is 12.1 Å². The fourth-order valence-electron chi connectivity index (χ4n) is 2.00. The number of benzene rings is 1. The summed E-state index contributed by atoms with van der Waals surface area (Å²) in [6.07, 6.45) is 2.16. The Morgan fingerprint density at radius 2 is 2.00 bits per heavy atom. The normalized spacial score (nSPS) is 16.5. The molecule has 0 unspecified atom stereocenters. The van der Waals surface area contributed by atoms with Gasteiger partial charge >= 0.3 is 0 Å². The fraction of sp³-hybridized carbons (Fsp3) is 0.462. The fourth-order valence-corrected chi connectivity index (χ4v) is 3.11. The summed E-state index contributed by atoms with van der Waals surface area (Å²) >= 11 is 1.97. The zero-order chi connectivity index (χ0) is 12.1. The molecule has 1 amide bonds. The van der Waals surface area contributed by atoms with Crippen LogP contribution < -0.4 is 10.6 Å². The molecular formula is C13H18N2OS. The van der Waals surface area contributed by atoms with E-state index < -0.39 is 0 Å². The van der Waals surface area contributed by atoms with E-state index in [2.05, 4.69) is 10.6 Å². The van der Waals surface area contributed by atoms with Gasteiger partial charge < -0.3 is 10.6 Å². The van der Waals surface area contributed by atoms with Crippen LogP contribution in [0.3, 0.4) is 0 Å². The van der Waals surface area contributed by atoms with Crippen molar-refractivity contribution in [3.8, 4) is 0 Å². The van der Waals surface area contributed by atoms with E-state index in [1.165, 1.54) is 0 Å². The van der Waals surface area contributed by atoms with Crippen LogP contribution in [0.1, 0.15) is 23.2 Å². The van der Waals surface area contributed by atoms with Gasteiger partial charge in [0.1, 0.15) is 0 Å². The van der Waals surface area contributed by atoms with E-state index in [0.717, 1.165) is 35.6 Å². The molecular weight excluding hydrogens is 232 g/mol. The van der Waals surface area contributed by atoms with E-state index >= 15 is 0 Å². The SMILES string of the molecule is CNc1ccccc1C(=O)NC1CCSCC1. The number of carbonyl (C=O) groups excluding carboxylic acids is 1. The Labute approximate surface area is 106 Å². The first-order valence-electron chi connectivity index (χ1n) is 5.96. The summed E-state index contributed by atoms with van der Waals surface area (Å²) < 4.78 is 0. The number of anilines is 1. The Morgan fingerprint density at radius 3 is 2.71 bits per heavy atom. The molecule has 1 saturated heterocycles. The Bertz CT molecular complexity index is 389. The minimum atomic E-state index is 0.0341. The first-order valence-corrected chi connectivity index (χ1v) is 7.12. The average molecular weight is 250 g/mol. The molecule has 1 aliphatic heterocycles. The Hall–Kier alpha value is -1.16. The van der Waals surface area contributed by atoms with E-state index in [1.807, 2.05) is 43.1 Å². The molecule has 1 heterocycles. The molecule has 0 aliphatic carbocycles. The number of hydrogen-bond acceptors (Lipinski definition) is 3. The number of amides is 1. The Balaban J connectivity index is 2.03. The van der Waals surface area contributed by atoms with Gasteiger partial charge in [-0.3, -0.25) is 4.79 Å². The molecule has 2 N–H and O–H groups in total. The highest BCUT2D eigenvalue weighted by Gasteiger charge is 2.18. The number of hydrogen-bond donors (Lipinski definition) is 2. The van der Waals surface area contributed by atoms with Gasteiger partial charge in [-0.15, -0.1) is 0 Å². The van der Waals surface area contributed by atoms with Gasteiger partial charge in [0.05, 0.1) is 5.56 Å². The lowest BCUT2D eigenvalue weighted by molar-refractivity contribution is 0.0935. The van der Waals surface area contributed by atoms with Crippen LogP contribution in [0.4, 0.5) is 5.69 Å². The molecule has 0 spiro atoms. The molecule has 92 valence electrons. The summed E-state index contributed by atoms with van der Waals surface area (Å²) in [5.74, 6) is 2.34. The zero-order valence-corrected chi connectivity index (χ0v) is 10.8. The molecule has 17 heavy (non-hydrogen) atoms. The molecule has 1 aromatic rings. The predicted octanol–water partition coefficient (Wildman–Crippen LogP) is 2.35. The van der Waals surface area contributed by atoms with Crippen LogP contribution in [0.25, 0.3) is 0 Å². The minimum Gasteiger partial charge on any atom is -0.387 e. The summed E-state index contributed by atoms with van der Waals surface area (Å²) in [6.45, 7) is 0. The van der Waals surface area contributed by atoms with Crippen LogP contribution >= 0.6 is 11.8 Å². The van der Waals surface area contributed by atoms with Crippen LogP contribution in [-0.4, -0.2) is 30.5 Å². The quantitative estimate of drug-likeness (QED) is 0.865. The number of para-hydroxylation sites is 1. The van der Waals surface area contributed by atoms with E-state index in [1.54, 1.807) is 0 Å². The third-order valence-corrected chi connectivity index (χ3v) is 4.05. The molecule has 1 fully saturated rings. The van der Waals surface area contributed by atoms with E-state index in [-0.39, 0.29) is 5.91 Å². The third-order valence-electron chi connectivity index (χ3n) is 3.00. The second-order valence-corrected chi connectivity index (χ2v) is 5.38. The van der Waals surface area contributed by atoms with Crippen molar-refractivity contribution < 1.29 is 4.79 Å². The van der Waals surface area contributed by atoms with Crippen LogP contribution in [0.15, 0.2) is 24.3 Å². The average Bonchev–Trinajstić information content (AvgIpc) is 2.40. The van der Waals surface area contributed by atoms with Crippen LogP contribution in [0.5, 0.6) is 0 Å². The van der Waals surface area contributed by atoms with Crippen molar-refractivity contribution in [3.05, 3.63) is 29.8 Å². The van der Waals surface area contributed by atoms with Crippen LogP contribution in [0, 0.1) is 0 Å². The van der Waals surface area contributed by atoms with E-state index in [0.29, 0.717) is 6.04 Å². The van der Waals surface area contributed by atoms with Gasteiger partial charge in [-0.2, -0.15) is 11.8 Å². The van der Waals surface area contributed by atoms with Crippen molar-refractivity contribution in [2.24, 2.45) is 0 Å². The van der Waals surface area contributed by atoms with Gasteiger partial charge in [-0.25, -0.2) is 0 Å². The summed E-state index contributed by atoms with van der Waals surface area (Å²) in [4.78, 5) is 12.1. The lowest BCUT2D eigenvalue weighted by atomic mass is 10.1. The smallest absolute Gasteiger partial charge is 0.253 e. The highest BCUT2D eigenvalue weighted by molar-refractivity contribution is 7.99. The predicted molar refractivity (Wildman–Crippen MR) is 73.8 cm³/mol. The van der Waals surface area contributed by atoms with Gasteiger partial charge in [0.15, 0.2) is 0 Å². The topological polar surface area (TPSA) is 41.1 Å². The number of thioether (sulfide) groups is 1. The maximum Gasteiger partial charge on any atom is 0.253 e. The molecule has 0 atom stereocenters. The zero-order valence-electron chi connectivity index (χ0n) is 10.0. The first-order chi connectivity index (χ1) is 8.31. The second-order valence-electron chi connectivity index (χ2n) is 4.16. The van der Waals surface area contributed by atoms with Gasteiger partial charge in [0.25, 0.3) is 5.91 Å². The first kappa shape index (κ1) is 12.3. The highest BCUT2D eigenvalue weighted by Crippen LogP contribution is 2.19. The molecule has 1 aromatic carbocycles. The molecule has 2 rings (SSSR count). The van der Waals surface area contributed by atoms with Gasteiger partial charge in [0.2, 0.25) is 0 Å². The highest BCUT2D eigenvalue weighted by atomic mass is 32.2. The maximum absolute atomic E-state index is 12.1. The molecule has 1 aliphatic rings. The van der Waals surface area contributed by atoms with Crippen LogP contribution in [0.2, 0.25) is 0 Å². The maximum atomic E-state index is 12.1. The third kappa shape index (κ3) is 3.16.